The smallest absolute Gasteiger partial charge is 0.243 e. The van der Waals surface area contributed by atoms with E-state index in [9.17, 15) is 52.0 Å². The van der Waals surface area contributed by atoms with E-state index in [1.54, 1.807) is 0 Å². The molecular weight excluding hydrogens is 496 g/mol. The molecule has 14 heteroatoms. The Hall–Kier alpha value is -2.09. The van der Waals surface area contributed by atoms with Gasteiger partial charge in [0.05, 0.1) is 4.24 Å². The van der Waals surface area contributed by atoms with Gasteiger partial charge >= 0.3 is 5.51 Å². The lowest BCUT2D eigenvalue weighted by atomic mass is 9.91. The van der Waals surface area contributed by atoms with Gasteiger partial charge in [0.1, 0.15) is 5.25 Å². The van der Waals surface area contributed by atoms with Crippen LogP contribution < -0.4 is 10.4 Å². The molecule has 0 aliphatic heterocycles. The van der Waals surface area contributed by atoms with Gasteiger partial charge in [-0.1, -0.05) is 29.5 Å². The predicted molar refractivity (Wildman–Crippen MR) is 98.1 cm³/mol. The molecule has 0 heterocycles. The number of hydrogen-bond acceptors (Lipinski definition) is 4. The number of hydrogen-bond donors (Lipinski definition) is 0. The third kappa shape index (κ3) is 3.80. The van der Waals surface area contributed by atoms with Crippen molar-refractivity contribution in [3.63, 3.8) is 0 Å². The quantitative estimate of drug-likeness (QED) is 0.463. The van der Waals surface area contributed by atoms with Gasteiger partial charge in [0.15, 0.2) is 40.7 Å². The Morgan fingerprint density at radius 1 is 0.781 bits per heavy atom. The molecule has 1 aromatic rings. The molecule has 4 atom stereocenters. The second-order valence-corrected chi connectivity index (χ2v) is 11.2. The number of benzene rings is 1. The van der Waals surface area contributed by atoms with E-state index in [0.717, 1.165) is 6.08 Å². The monoisotopic (exact) mass is 509 g/mol. The van der Waals surface area contributed by atoms with Gasteiger partial charge in [-0.25, -0.2) is 38.8 Å². The maximum absolute atomic E-state index is 14.3. The fraction of sp³-hybridized carbons (Fsp3) is 0.389. The summed E-state index contributed by atoms with van der Waals surface area (Å²) in [5.41, 5.74) is -7.38. The van der Waals surface area contributed by atoms with Crippen molar-refractivity contribution in [2.75, 3.05) is 0 Å². The first-order valence-corrected chi connectivity index (χ1v) is 11.8. The van der Waals surface area contributed by atoms with Crippen molar-refractivity contribution in [3.05, 3.63) is 50.9 Å². The molecule has 2 aliphatic carbocycles. The van der Waals surface area contributed by atoms with Crippen LogP contribution in [0.1, 0.15) is 0 Å². The zero-order valence-corrected chi connectivity index (χ0v) is 17.1. The number of allylic oxidation sites excluding steroid dienone is 1. The summed E-state index contributed by atoms with van der Waals surface area (Å²) >= 11 is 0. The normalized spacial score (nSPS) is 32.8. The van der Waals surface area contributed by atoms with Crippen LogP contribution >= 0.6 is 0 Å². The fourth-order valence-electron chi connectivity index (χ4n) is 3.42. The van der Waals surface area contributed by atoms with Gasteiger partial charge in [0.25, 0.3) is 9.84 Å². The lowest BCUT2D eigenvalue weighted by Gasteiger charge is -2.37. The molecule has 0 radical (unpaired) electrons. The molecule has 4 nitrogen and oxygen atoms in total. The molecule has 1 aromatic carbocycles. The molecule has 32 heavy (non-hydrogen) atoms. The molecule has 0 aromatic heterocycles. The average Bonchev–Trinajstić information content (AvgIpc) is 2.69. The summed E-state index contributed by atoms with van der Waals surface area (Å²) in [5.74, 6) is 0. The lowest BCUT2D eigenvalue weighted by molar-refractivity contribution is -0.0477. The highest BCUT2D eigenvalue weighted by Crippen LogP contribution is 2.43. The Kier molecular flexibility index (Phi) is 6.17. The molecule has 2 aliphatic rings. The fourth-order valence-corrected chi connectivity index (χ4v) is 7.60. The second kappa shape index (κ2) is 8.04. The molecule has 1 fully saturated rings. The summed E-state index contributed by atoms with van der Waals surface area (Å²) in [5, 5.41) is -3.17. The Labute approximate surface area is 176 Å². The van der Waals surface area contributed by atoms with Crippen LogP contribution in [0.25, 0.3) is 12.2 Å². The lowest BCUT2D eigenvalue weighted by Crippen LogP contribution is -2.59. The topological polar surface area (TPSA) is 68.3 Å². The van der Waals surface area contributed by atoms with Crippen molar-refractivity contribution in [2.24, 2.45) is 0 Å². The highest BCUT2D eigenvalue weighted by molar-refractivity contribution is 8.15. The molecule has 178 valence electrons. The molecule has 0 N–H and O–H groups in total. The summed E-state index contributed by atoms with van der Waals surface area (Å²) in [6.07, 6.45) is -15.5. The molecule has 3 rings (SSSR count). The van der Waals surface area contributed by atoms with Crippen molar-refractivity contribution in [1.82, 2.24) is 0 Å². The predicted octanol–water partition coefficient (Wildman–Crippen LogP) is 2.10. The SMILES string of the molecule is O=S(=O)(/C(=C1/C=c2ccccc2=C[CH-]1)S(=O)(=O)C(F)(F)F)C1C(F)C(F)C(F)C(F)C1F. The Balaban J connectivity index is 2.34. The highest BCUT2D eigenvalue weighted by Gasteiger charge is 2.61. The molecule has 0 saturated heterocycles. The first kappa shape index (κ1) is 24.6. The van der Waals surface area contributed by atoms with E-state index < -0.39 is 71.1 Å². The molecule has 4 unspecified atom stereocenters. The Bertz CT molecular complexity index is 1250. The molecule has 0 spiro atoms. The zero-order valence-electron chi connectivity index (χ0n) is 15.5. The summed E-state index contributed by atoms with van der Waals surface area (Å²) in [6.45, 7) is 0. The second-order valence-electron chi connectivity index (χ2n) is 7.03. The summed E-state index contributed by atoms with van der Waals surface area (Å²) < 4.78 is 157. The Morgan fingerprint density at radius 2 is 1.25 bits per heavy atom. The van der Waals surface area contributed by atoms with Crippen molar-refractivity contribution in [3.8, 4) is 0 Å². The first-order chi connectivity index (χ1) is 14.6. The number of fused-ring (bicyclic) bond motifs is 1. The van der Waals surface area contributed by atoms with Crippen LogP contribution in [0.3, 0.4) is 0 Å². The third-order valence-electron chi connectivity index (χ3n) is 5.00. The first-order valence-electron chi connectivity index (χ1n) is 8.74. The van der Waals surface area contributed by atoms with Crippen molar-refractivity contribution < 1.29 is 52.0 Å². The van der Waals surface area contributed by atoms with Gasteiger partial charge in [-0.3, -0.25) is 0 Å². The van der Waals surface area contributed by atoms with Crippen molar-refractivity contribution >= 4 is 31.8 Å². The summed E-state index contributed by atoms with van der Waals surface area (Å²) in [6, 6.07) is 5.63. The van der Waals surface area contributed by atoms with E-state index in [4.69, 9.17) is 0 Å². The van der Waals surface area contributed by atoms with Gasteiger partial charge in [0, 0.05) is 0 Å². The van der Waals surface area contributed by atoms with E-state index in [-0.39, 0.29) is 5.22 Å². The van der Waals surface area contributed by atoms with E-state index in [2.05, 4.69) is 0 Å². The van der Waals surface area contributed by atoms with Crippen molar-refractivity contribution in [1.29, 1.82) is 0 Å². The van der Waals surface area contributed by atoms with Gasteiger partial charge < -0.3 is 0 Å². The molecular formula is C18H13F8O4S2-. The van der Waals surface area contributed by atoms with Crippen LogP contribution in [-0.2, 0) is 19.7 Å². The van der Waals surface area contributed by atoms with E-state index in [1.807, 2.05) is 0 Å². The minimum absolute atomic E-state index is 0.0582. The van der Waals surface area contributed by atoms with Gasteiger partial charge in [-0.2, -0.15) is 13.2 Å². The maximum Gasteiger partial charge on any atom is 0.494 e. The average molecular weight is 509 g/mol. The maximum atomic E-state index is 14.3. The van der Waals surface area contributed by atoms with Crippen LogP contribution in [0.15, 0.2) is 34.1 Å². The van der Waals surface area contributed by atoms with Crippen LogP contribution in [0.5, 0.6) is 0 Å². The minimum atomic E-state index is -6.81. The number of rotatable bonds is 3. The molecule has 1 saturated carbocycles. The third-order valence-corrected chi connectivity index (χ3v) is 9.67. The summed E-state index contributed by atoms with van der Waals surface area (Å²) in [4.78, 5) is 0. The van der Waals surface area contributed by atoms with Crippen molar-refractivity contribution in [2.45, 2.75) is 41.6 Å². The standard InChI is InChI=1S/C18H13F8O4S2/c19-11-12(20)14(22)16(15(23)13(11)21)31(27,28)17(32(29,30)18(24,25)26)10-6-5-8-3-1-2-4-9(8)7-10/h1-7,11-16H/q-1/b17-10-. The van der Waals surface area contributed by atoms with Crippen LogP contribution in [-0.4, -0.2) is 58.5 Å². The molecule has 0 bridgehead atoms. The van der Waals surface area contributed by atoms with Gasteiger partial charge in [0.2, 0.25) is 0 Å². The van der Waals surface area contributed by atoms with E-state index in [0.29, 0.717) is 17.7 Å². The van der Waals surface area contributed by atoms with Crippen LogP contribution in [0, 0.1) is 6.42 Å². The van der Waals surface area contributed by atoms with E-state index >= 15 is 0 Å². The minimum Gasteiger partial charge on any atom is -0.243 e. The Morgan fingerprint density at radius 3 is 1.75 bits per heavy atom. The van der Waals surface area contributed by atoms with Gasteiger partial charge in [-0.05, 0) is 0 Å². The van der Waals surface area contributed by atoms with Gasteiger partial charge in [-0.15, -0.1) is 29.4 Å². The largest absolute Gasteiger partial charge is 0.494 e. The summed E-state index contributed by atoms with van der Waals surface area (Å²) in [7, 11) is -13.1. The van der Waals surface area contributed by atoms with Crippen LogP contribution in [0.2, 0.25) is 0 Å². The number of alkyl halides is 8. The highest BCUT2D eigenvalue weighted by atomic mass is 32.3. The number of halogens is 8. The number of sulfone groups is 2. The van der Waals surface area contributed by atoms with E-state index in [1.165, 1.54) is 24.3 Å². The van der Waals surface area contributed by atoms with Crippen LogP contribution in [0.4, 0.5) is 35.1 Å². The molecule has 0 amide bonds. The zero-order chi connectivity index (χ0) is 24.2.